The summed E-state index contributed by atoms with van der Waals surface area (Å²) in [5.74, 6) is 7.82. The zero-order valence-corrected chi connectivity index (χ0v) is 36.7. The Morgan fingerprint density at radius 2 is 0.923 bits per heavy atom. The van der Waals surface area contributed by atoms with E-state index in [1.165, 1.54) is 210 Å². The highest BCUT2D eigenvalue weighted by atomic mass is 14.2. The van der Waals surface area contributed by atoms with Crippen molar-refractivity contribution in [2.24, 2.45) is 5.41 Å². The van der Waals surface area contributed by atoms with Crippen LogP contribution in [0.25, 0.3) is 0 Å². The third-order valence-electron chi connectivity index (χ3n) is 11.0. The standard InChI is InChI=1S/C52H94/c1-7-13-17-19-21-23-25-27-29-31-33-35-37-41-47-52(46-40-16-10-4,49-50(12-6)42-11-5)48-45-51(43-38-15-9-3)44-39-36-34-32-30-28-26-24-22-20-18-14-8-2/h11,40,42-43,46,49H,7-10,12-39,41,44,47H2,1-6H3. The van der Waals surface area contributed by atoms with E-state index in [4.69, 9.17) is 0 Å². The molecule has 0 aliphatic carbocycles. The molecular formula is C52H94. The van der Waals surface area contributed by atoms with E-state index in [-0.39, 0.29) is 5.41 Å². The fourth-order valence-electron chi connectivity index (χ4n) is 7.46. The van der Waals surface area contributed by atoms with Crippen molar-refractivity contribution in [2.45, 2.75) is 266 Å². The second kappa shape index (κ2) is 40.7. The molecule has 0 aliphatic rings. The van der Waals surface area contributed by atoms with Crippen LogP contribution >= 0.6 is 0 Å². The molecule has 1 atom stereocenters. The molecule has 0 fully saturated rings. The van der Waals surface area contributed by atoms with E-state index in [0.29, 0.717) is 0 Å². The Labute approximate surface area is 330 Å². The van der Waals surface area contributed by atoms with Gasteiger partial charge in [0.25, 0.3) is 0 Å². The van der Waals surface area contributed by atoms with E-state index in [1.807, 2.05) is 0 Å². The fourth-order valence-corrected chi connectivity index (χ4v) is 7.46. The van der Waals surface area contributed by atoms with Crippen molar-refractivity contribution < 1.29 is 0 Å². The summed E-state index contributed by atoms with van der Waals surface area (Å²) < 4.78 is 0. The van der Waals surface area contributed by atoms with Crippen molar-refractivity contribution >= 4 is 0 Å². The largest absolute Gasteiger partial charge is 0.0874 e. The first-order chi connectivity index (χ1) is 25.6. The van der Waals surface area contributed by atoms with Crippen molar-refractivity contribution in [3.05, 3.63) is 47.6 Å². The Morgan fingerprint density at radius 3 is 1.35 bits per heavy atom. The number of hydrogen-bond donors (Lipinski definition) is 0. The average Bonchev–Trinajstić information content (AvgIpc) is 3.15. The number of allylic oxidation sites excluding steroid dienone is 8. The minimum Gasteiger partial charge on any atom is -0.0874 e. The smallest absolute Gasteiger partial charge is 0.0682 e. The second-order valence-electron chi connectivity index (χ2n) is 16.3. The normalized spacial score (nSPS) is 13.7. The van der Waals surface area contributed by atoms with Gasteiger partial charge >= 0.3 is 0 Å². The Kier molecular flexibility index (Phi) is 39.5. The molecule has 0 aromatic rings. The minimum atomic E-state index is -0.170. The Bertz CT molecular complexity index is 915. The first kappa shape index (κ1) is 50.5. The van der Waals surface area contributed by atoms with Gasteiger partial charge in [0.15, 0.2) is 0 Å². The lowest BCUT2D eigenvalue weighted by molar-refractivity contribution is 0.498. The fraction of sp³-hybridized carbons (Fsp3) is 0.808. The first-order valence-electron chi connectivity index (χ1n) is 23.9. The van der Waals surface area contributed by atoms with Crippen molar-refractivity contribution in [2.75, 3.05) is 0 Å². The molecule has 0 aromatic heterocycles. The second-order valence-corrected chi connectivity index (χ2v) is 16.3. The Balaban J connectivity index is 5.25. The van der Waals surface area contributed by atoms with Crippen LogP contribution in [-0.2, 0) is 0 Å². The third-order valence-corrected chi connectivity index (χ3v) is 11.0. The maximum Gasteiger partial charge on any atom is 0.0682 e. The van der Waals surface area contributed by atoms with Gasteiger partial charge in [-0.25, -0.2) is 0 Å². The van der Waals surface area contributed by atoms with Crippen molar-refractivity contribution in [3.8, 4) is 11.8 Å². The zero-order valence-electron chi connectivity index (χ0n) is 36.7. The maximum absolute atomic E-state index is 3.97. The number of rotatable bonds is 38. The van der Waals surface area contributed by atoms with Crippen LogP contribution in [-0.4, -0.2) is 0 Å². The topological polar surface area (TPSA) is 0 Å². The van der Waals surface area contributed by atoms with E-state index in [2.05, 4.69) is 89.8 Å². The minimum absolute atomic E-state index is 0.170. The van der Waals surface area contributed by atoms with Gasteiger partial charge in [-0.3, -0.25) is 0 Å². The quantitative estimate of drug-likeness (QED) is 0.0258. The summed E-state index contributed by atoms with van der Waals surface area (Å²) >= 11 is 0. The van der Waals surface area contributed by atoms with E-state index in [9.17, 15) is 0 Å². The average molecular weight is 719 g/mol. The van der Waals surface area contributed by atoms with Crippen molar-refractivity contribution in [3.63, 3.8) is 0 Å². The van der Waals surface area contributed by atoms with Gasteiger partial charge < -0.3 is 0 Å². The predicted molar refractivity (Wildman–Crippen MR) is 240 cm³/mol. The highest BCUT2D eigenvalue weighted by Gasteiger charge is 2.22. The summed E-state index contributed by atoms with van der Waals surface area (Å²) in [5.41, 5.74) is 2.66. The molecule has 0 heteroatoms. The molecule has 0 aromatic carbocycles. The van der Waals surface area contributed by atoms with Crippen LogP contribution < -0.4 is 0 Å². The summed E-state index contributed by atoms with van der Waals surface area (Å²) in [6.07, 6.45) is 61.9. The van der Waals surface area contributed by atoms with Gasteiger partial charge in [0, 0.05) is 0 Å². The van der Waals surface area contributed by atoms with E-state index < -0.39 is 0 Å². The number of unbranched alkanes of at least 4 members (excludes halogenated alkanes) is 28. The monoisotopic (exact) mass is 719 g/mol. The third kappa shape index (κ3) is 33.1. The summed E-state index contributed by atoms with van der Waals surface area (Å²) in [6.45, 7) is 13.7. The van der Waals surface area contributed by atoms with Crippen LogP contribution in [0.5, 0.6) is 0 Å². The molecule has 0 amide bonds. The molecule has 302 valence electrons. The van der Waals surface area contributed by atoms with Crippen LogP contribution in [0, 0.1) is 17.3 Å². The van der Waals surface area contributed by atoms with Gasteiger partial charge in [-0.2, -0.15) is 0 Å². The van der Waals surface area contributed by atoms with Gasteiger partial charge in [0.2, 0.25) is 0 Å². The molecule has 0 saturated heterocycles. The highest BCUT2D eigenvalue weighted by Crippen LogP contribution is 2.32. The number of hydrogen-bond acceptors (Lipinski definition) is 0. The summed E-state index contributed by atoms with van der Waals surface area (Å²) in [4.78, 5) is 0. The predicted octanol–water partition coefficient (Wildman–Crippen LogP) is 18.7. The lowest BCUT2D eigenvalue weighted by Crippen LogP contribution is -2.14. The van der Waals surface area contributed by atoms with Crippen LogP contribution in [0.2, 0.25) is 0 Å². The summed E-state index contributed by atoms with van der Waals surface area (Å²) in [5, 5.41) is 0. The summed E-state index contributed by atoms with van der Waals surface area (Å²) in [7, 11) is 0. The molecule has 0 bridgehead atoms. The van der Waals surface area contributed by atoms with E-state index >= 15 is 0 Å². The lowest BCUT2D eigenvalue weighted by Gasteiger charge is -2.23. The van der Waals surface area contributed by atoms with Crippen LogP contribution in [0.15, 0.2) is 47.6 Å². The molecular weight excluding hydrogens is 625 g/mol. The van der Waals surface area contributed by atoms with Gasteiger partial charge in [-0.05, 0) is 51.0 Å². The van der Waals surface area contributed by atoms with Crippen molar-refractivity contribution in [1.29, 1.82) is 0 Å². The molecule has 0 nitrogen and oxygen atoms in total. The Hall–Kier alpha value is -1.48. The lowest BCUT2D eigenvalue weighted by atomic mass is 9.79. The van der Waals surface area contributed by atoms with Crippen molar-refractivity contribution in [1.82, 2.24) is 0 Å². The molecule has 0 N–H and O–H groups in total. The highest BCUT2D eigenvalue weighted by molar-refractivity contribution is 5.39. The van der Waals surface area contributed by atoms with Crippen LogP contribution in [0.4, 0.5) is 0 Å². The van der Waals surface area contributed by atoms with Gasteiger partial charge in [-0.15, -0.1) is 0 Å². The molecule has 1 unspecified atom stereocenters. The molecule has 0 rings (SSSR count). The SMILES string of the molecule is CC=CC(=CC(C#CC(=CCCCC)CCCCCCCCCCCCCCC)(C=CCCC)CCCCCCCCCCCCCCCC)CC. The first-order valence-corrected chi connectivity index (χ1v) is 23.9. The molecule has 0 heterocycles. The maximum atomic E-state index is 3.97. The van der Waals surface area contributed by atoms with Gasteiger partial charge in [0.05, 0.1) is 5.41 Å². The van der Waals surface area contributed by atoms with Gasteiger partial charge in [-0.1, -0.05) is 275 Å². The molecule has 52 heavy (non-hydrogen) atoms. The summed E-state index contributed by atoms with van der Waals surface area (Å²) in [6, 6.07) is 0. The molecule has 0 spiro atoms. The van der Waals surface area contributed by atoms with E-state index in [1.54, 1.807) is 0 Å². The molecule has 0 radical (unpaired) electrons. The zero-order chi connectivity index (χ0) is 38.1. The van der Waals surface area contributed by atoms with Crippen LogP contribution in [0.3, 0.4) is 0 Å². The van der Waals surface area contributed by atoms with Gasteiger partial charge in [0.1, 0.15) is 0 Å². The molecule has 0 saturated carbocycles. The Morgan fingerprint density at radius 1 is 0.481 bits per heavy atom. The van der Waals surface area contributed by atoms with E-state index in [0.717, 1.165) is 25.7 Å². The van der Waals surface area contributed by atoms with Crippen LogP contribution in [0.1, 0.15) is 266 Å². The molecule has 0 aliphatic heterocycles.